The summed E-state index contributed by atoms with van der Waals surface area (Å²) in [4.78, 5) is 27.4. The van der Waals surface area contributed by atoms with Crippen LogP contribution in [0.2, 0.25) is 10.0 Å². The number of benzene rings is 2. The molecule has 0 aliphatic carbocycles. The normalized spacial score (nSPS) is 12.8. The second-order valence-corrected chi connectivity index (χ2v) is 9.04. The fourth-order valence-electron chi connectivity index (χ4n) is 2.80. The van der Waals surface area contributed by atoms with Crippen LogP contribution in [0, 0.1) is 0 Å². The lowest BCUT2D eigenvalue weighted by Gasteiger charge is -2.29. The van der Waals surface area contributed by atoms with Crippen LogP contribution in [0.3, 0.4) is 0 Å². The van der Waals surface area contributed by atoms with Crippen molar-refractivity contribution in [2.24, 2.45) is 0 Å². The van der Waals surface area contributed by atoms with Crippen LogP contribution >= 0.6 is 35.0 Å². The Labute approximate surface area is 193 Å². The van der Waals surface area contributed by atoms with E-state index in [0.717, 1.165) is 17.5 Å². The van der Waals surface area contributed by atoms with Gasteiger partial charge in [0.2, 0.25) is 11.8 Å². The Morgan fingerprint density at radius 3 is 2.37 bits per heavy atom. The summed E-state index contributed by atoms with van der Waals surface area (Å²) in [6.07, 6.45) is 0.838. The van der Waals surface area contributed by atoms with Gasteiger partial charge in [-0.2, -0.15) is 0 Å². The van der Waals surface area contributed by atoms with E-state index in [0.29, 0.717) is 22.3 Å². The van der Waals surface area contributed by atoms with Gasteiger partial charge in [-0.15, -0.1) is 11.8 Å². The molecule has 0 aliphatic rings. The van der Waals surface area contributed by atoms with Crippen LogP contribution < -0.4 is 5.32 Å². The van der Waals surface area contributed by atoms with Crippen LogP contribution in [0.1, 0.15) is 38.3 Å². The molecule has 0 saturated carbocycles. The van der Waals surface area contributed by atoms with Crippen molar-refractivity contribution < 1.29 is 9.59 Å². The van der Waals surface area contributed by atoms with Gasteiger partial charge in [-0.25, -0.2) is 0 Å². The second kappa shape index (κ2) is 12.2. The molecule has 2 aromatic rings. The molecule has 2 atom stereocenters. The minimum Gasteiger partial charge on any atom is -0.352 e. The highest BCUT2D eigenvalue weighted by Crippen LogP contribution is 2.25. The minimum atomic E-state index is -0.558. The van der Waals surface area contributed by atoms with E-state index in [-0.39, 0.29) is 23.6 Å². The third-order valence-corrected chi connectivity index (χ3v) is 6.57. The van der Waals surface area contributed by atoms with Crippen LogP contribution in [-0.4, -0.2) is 34.6 Å². The molecule has 0 radical (unpaired) electrons. The number of rotatable bonds is 10. The molecule has 0 aliphatic heterocycles. The first-order chi connectivity index (χ1) is 14.3. The second-order valence-electron chi connectivity index (χ2n) is 7.24. The van der Waals surface area contributed by atoms with Crippen LogP contribution in [0.5, 0.6) is 0 Å². The predicted octanol–water partition coefficient (Wildman–Crippen LogP) is 5.56. The third-order valence-electron chi connectivity index (χ3n) is 4.84. The van der Waals surface area contributed by atoms with Gasteiger partial charge in [0.1, 0.15) is 6.04 Å². The quantitative estimate of drug-likeness (QED) is 0.498. The first-order valence-corrected chi connectivity index (χ1v) is 11.9. The van der Waals surface area contributed by atoms with Gasteiger partial charge in [-0.1, -0.05) is 66.5 Å². The number of thioether (sulfide) groups is 1. The van der Waals surface area contributed by atoms with Crippen LogP contribution in [0.15, 0.2) is 48.5 Å². The van der Waals surface area contributed by atoms with Crippen LogP contribution in [0.4, 0.5) is 0 Å². The molecule has 30 heavy (non-hydrogen) atoms. The van der Waals surface area contributed by atoms with E-state index in [2.05, 4.69) is 5.32 Å². The maximum atomic E-state index is 13.0. The summed E-state index contributed by atoms with van der Waals surface area (Å²) in [6.45, 7) is 6.15. The van der Waals surface area contributed by atoms with Gasteiger partial charge in [0.15, 0.2) is 0 Å². The smallest absolute Gasteiger partial charge is 0.242 e. The molecule has 0 aromatic heterocycles. The molecule has 0 spiro atoms. The molecule has 162 valence electrons. The van der Waals surface area contributed by atoms with Gasteiger partial charge in [0, 0.05) is 18.3 Å². The summed E-state index contributed by atoms with van der Waals surface area (Å²) in [5.41, 5.74) is 1.99. The summed E-state index contributed by atoms with van der Waals surface area (Å²) in [6, 6.07) is 14.7. The van der Waals surface area contributed by atoms with E-state index >= 15 is 0 Å². The summed E-state index contributed by atoms with van der Waals surface area (Å²) < 4.78 is 0. The highest BCUT2D eigenvalue weighted by atomic mass is 35.5. The first-order valence-electron chi connectivity index (χ1n) is 9.97. The van der Waals surface area contributed by atoms with Crippen molar-refractivity contribution in [2.45, 2.75) is 51.6 Å². The molecule has 2 amide bonds. The Bertz CT molecular complexity index is 848. The van der Waals surface area contributed by atoms with E-state index in [9.17, 15) is 9.59 Å². The Morgan fingerprint density at radius 1 is 1.03 bits per heavy atom. The number of halogens is 2. The zero-order valence-electron chi connectivity index (χ0n) is 17.5. The third kappa shape index (κ3) is 7.53. The standard InChI is InChI=1S/C23H28Cl2N2O2S/c1-4-16(2)26-23(29)17(3)27(13-18-8-6-5-7-9-18)22(28)15-30-14-19-10-11-20(24)21(25)12-19/h5-12,16-17H,4,13-15H2,1-3H3,(H,26,29)/t16-,17+/m1/s1. The van der Waals surface area contributed by atoms with Gasteiger partial charge in [0.05, 0.1) is 15.8 Å². The molecular formula is C23H28Cl2N2O2S. The predicted molar refractivity (Wildman–Crippen MR) is 127 cm³/mol. The molecule has 0 heterocycles. The van der Waals surface area contributed by atoms with Crippen molar-refractivity contribution in [3.8, 4) is 0 Å². The summed E-state index contributed by atoms with van der Waals surface area (Å²) in [5.74, 6) is 0.697. The van der Waals surface area contributed by atoms with Crippen molar-refractivity contribution in [1.29, 1.82) is 0 Å². The zero-order chi connectivity index (χ0) is 22.1. The van der Waals surface area contributed by atoms with Gasteiger partial charge in [0.25, 0.3) is 0 Å². The monoisotopic (exact) mass is 466 g/mol. The van der Waals surface area contributed by atoms with Crippen LogP contribution in [-0.2, 0) is 21.9 Å². The van der Waals surface area contributed by atoms with E-state index < -0.39 is 6.04 Å². The molecular weight excluding hydrogens is 439 g/mol. The SMILES string of the molecule is CC[C@@H](C)NC(=O)[C@H](C)N(Cc1ccccc1)C(=O)CSCc1ccc(Cl)c(Cl)c1. The van der Waals surface area contributed by atoms with E-state index in [1.54, 1.807) is 17.9 Å². The van der Waals surface area contributed by atoms with Crippen molar-refractivity contribution in [3.63, 3.8) is 0 Å². The topological polar surface area (TPSA) is 49.4 Å². The number of carbonyl (C=O) groups is 2. The molecule has 0 saturated heterocycles. The Balaban J connectivity index is 2.05. The Kier molecular flexibility index (Phi) is 10.0. The summed E-state index contributed by atoms with van der Waals surface area (Å²) in [5, 5.41) is 3.99. The van der Waals surface area contributed by atoms with E-state index in [4.69, 9.17) is 23.2 Å². The van der Waals surface area contributed by atoms with E-state index in [1.165, 1.54) is 11.8 Å². The molecule has 0 unspecified atom stereocenters. The minimum absolute atomic E-state index is 0.0673. The number of hydrogen-bond acceptors (Lipinski definition) is 3. The van der Waals surface area contributed by atoms with Crippen molar-refractivity contribution in [2.75, 3.05) is 5.75 Å². The fraction of sp³-hybridized carbons (Fsp3) is 0.391. The lowest BCUT2D eigenvalue weighted by atomic mass is 10.1. The molecule has 4 nitrogen and oxygen atoms in total. The lowest BCUT2D eigenvalue weighted by Crippen LogP contribution is -2.50. The molecule has 0 bridgehead atoms. The van der Waals surface area contributed by atoms with Crippen molar-refractivity contribution in [1.82, 2.24) is 10.2 Å². The molecule has 2 aromatic carbocycles. The van der Waals surface area contributed by atoms with Gasteiger partial charge in [-0.05, 0) is 43.5 Å². The molecule has 2 rings (SSSR count). The summed E-state index contributed by atoms with van der Waals surface area (Å²) >= 11 is 13.5. The lowest BCUT2D eigenvalue weighted by molar-refractivity contribution is -0.138. The Morgan fingerprint density at radius 2 is 1.73 bits per heavy atom. The van der Waals surface area contributed by atoms with Gasteiger partial charge < -0.3 is 10.2 Å². The largest absolute Gasteiger partial charge is 0.352 e. The first kappa shape index (κ1) is 24.6. The Hall–Kier alpha value is -1.69. The molecule has 1 N–H and O–H groups in total. The molecule has 7 heteroatoms. The maximum absolute atomic E-state index is 13.0. The highest BCUT2D eigenvalue weighted by Gasteiger charge is 2.26. The number of amides is 2. The zero-order valence-corrected chi connectivity index (χ0v) is 19.9. The number of hydrogen-bond donors (Lipinski definition) is 1. The number of nitrogens with one attached hydrogen (secondary N) is 1. The highest BCUT2D eigenvalue weighted by molar-refractivity contribution is 7.99. The van der Waals surface area contributed by atoms with Gasteiger partial charge in [-0.3, -0.25) is 9.59 Å². The van der Waals surface area contributed by atoms with Gasteiger partial charge >= 0.3 is 0 Å². The fourth-order valence-corrected chi connectivity index (χ4v) is 3.98. The summed E-state index contributed by atoms with van der Waals surface area (Å²) in [7, 11) is 0. The van der Waals surface area contributed by atoms with Crippen molar-refractivity contribution >= 4 is 46.8 Å². The average Bonchev–Trinajstić information content (AvgIpc) is 2.74. The average molecular weight is 467 g/mol. The van der Waals surface area contributed by atoms with Crippen molar-refractivity contribution in [3.05, 3.63) is 69.7 Å². The van der Waals surface area contributed by atoms with Crippen LogP contribution in [0.25, 0.3) is 0 Å². The number of nitrogens with zero attached hydrogens (tertiary/aromatic N) is 1. The van der Waals surface area contributed by atoms with E-state index in [1.807, 2.05) is 56.3 Å². The molecule has 0 fully saturated rings. The number of carbonyl (C=O) groups excluding carboxylic acids is 2. The maximum Gasteiger partial charge on any atom is 0.242 e.